The molecule has 0 bridgehead atoms. The summed E-state index contributed by atoms with van der Waals surface area (Å²) in [7, 11) is -2.23. The highest BCUT2D eigenvalue weighted by Crippen LogP contribution is 2.32. The van der Waals surface area contributed by atoms with E-state index >= 15 is 0 Å². The molecule has 24 heavy (non-hydrogen) atoms. The predicted molar refractivity (Wildman–Crippen MR) is 85.4 cm³/mol. The summed E-state index contributed by atoms with van der Waals surface area (Å²) in [6.45, 7) is 2.86. The number of hydrogen-bond donors (Lipinski definition) is 1. The third-order valence-corrected chi connectivity index (χ3v) is 5.46. The Labute approximate surface area is 139 Å². The minimum Gasteiger partial charge on any atom is -0.477 e. The SMILES string of the molecule is Cc1noc(C)c1S(=O)(=O)NCC1Oc2ccccc2N(C)C1=O. The summed E-state index contributed by atoms with van der Waals surface area (Å²) in [5.74, 6) is 0.398. The van der Waals surface area contributed by atoms with E-state index in [9.17, 15) is 13.2 Å². The Balaban J connectivity index is 1.79. The quantitative estimate of drug-likeness (QED) is 0.881. The average molecular weight is 351 g/mol. The van der Waals surface area contributed by atoms with Gasteiger partial charge in [-0.25, -0.2) is 13.1 Å². The van der Waals surface area contributed by atoms with Gasteiger partial charge >= 0.3 is 0 Å². The van der Waals surface area contributed by atoms with E-state index in [1.54, 1.807) is 31.3 Å². The summed E-state index contributed by atoms with van der Waals surface area (Å²) in [5, 5.41) is 3.63. The van der Waals surface area contributed by atoms with Crippen molar-refractivity contribution in [1.82, 2.24) is 9.88 Å². The zero-order chi connectivity index (χ0) is 17.5. The first-order valence-corrected chi connectivity index (χ1v) is 8.75. The van der Waals surface area contributed by atoms with Crippen LogP contribution in [0.15, 0.2) is 33.7 Å². The number of nitrogens with zero attached hydrogens (tertiary/aromatic N) is 2. The molecule has 0 saturated heterocycles. The van der Waals surface area contributed by atoms with Gasteiger partial charge < -0.3 is 14.2 Å². The molecule has 1 aliphatic heterocycles. The summed E-state index contributed by atoms with van der Waals surface area (Å²) in [6.07, 6.45) is -0.944. The molecule has 1 atom stereocenters. The van der Waals surface area contributed by atoms with Gasteiger partial charge in [0.1, 0.15) is 16.3 Å². The predicted octanol–water partition coefficient (Wildman–Crippen LogP) is 0.994. The van der Waals surface area contributed by atoms with Crippen molar-refractivity contribution in [2.45, 2.75) is 24.8 Å². The molecule has 0 fully saturated rings. The molecule has 1 amide bonds. The highest BCUT2D eigenvalue weighted by molar-refractivity contribution is 7.89. The van der Waals surface area contributed by atoms with E-state index in [4.69, 9.17) is 9.26 Å². The van der Waals surface area contributed by atoms with Crippen LogP contribution in [-0.4, -0.2) is 39.2 Å². The van der Waals surface area contributed by atoms with Crippen molar-refractivity contribution in [2.75, 3.05) is 18.5 Å². The largest absolute Gasteiger partial charge is 0.477 e. The summed E-state index contributed by atoms with van der Waals surface area (Å²) in [4.78, 5) is 13.8. The Hall–Kier alpha value is -2.39. The Morgan fingerprint density at radius 2 is 2.00 bits per heavy atom. The Morgan fingerprint density at radius 1 is 1.29 bits per heavy atom. The van der Waals surface area contributed by atoms with Crippen LogP contribution in [0, 0.1) is 13.8 Å². The van der Waals surface area contributed by atoms with Crippen molar-refractivity contribution in [1.29, 1.82) is 0 Å². The van der Waals surface area contributed by atoms with Gasteiger partial charge in [0.05, 0.1) is 12.2 Å². The standard InChI is InChI=1S/C15H17N3O5S/c1-9-14(10(2)23-17-9)24(20,21)16-8-13-15(19)18(3)11-6-4-5-7-12(11)22-13/h4-7,13,16H,8H2,1-3H3. The number of para-hydroxylation sites is 2. The van der Waals surface area contributed by atoms with Crippen LogP contribution >= 0.6 is 0 Å². The van der Waals surface area contributed by atoms with Gasteiger partial charge in [-0.3, -0.25) is 4.79 Å². The van der Waals surface area contributed by atoms with Crippen molar-refractivity contribution in [3.63, 3.8) is 0 Å². The summed E-state index contributed by atoms with van der Waals surface area (Å²) >= 11 is 0. The lowest BCUT2D eigenvalue weighted by Crippen LogP contribution is -2.49. The molecule has 128 valence electrons. The molecular formula is C15H17N3O5S. The number of nitrogens with one attached hydrogen (secondary N) is 1. The van der Waals surface area contributed by atoms with E-state index in [0.29, 0.717) is 11.4 Å². The fourth-order valence-electron chi connectivity index (χ4n) is 2.62. The Morgan fingerprint density at radius 3 is 2.67 bits per heavy atom. The molecule has 1 aromatic heterocycles. The van der Waals surface area contributed by atoms with Gasteiger partial charge in [-0.1, -0.05) is 17.3 Å². The van der Waals surface area contributed by atoms with Crippen molar-refractivity contribution in [3.8, 4) is 5.75 Å². The molecule has 9 heteroatoms. The third kappa shape index (κ3) is 2.76. The number of likely N-dealkylation sites (N-methyl/N-ethyl adjacent to an activating group) is 1. The van der Waals surface area contributed by atoms with E-state index in [2.05, 4.69) is 9.88 Å². The molecule has 2 aromatic rings. The number of amides is 1. The molecule has 1 aromatic carbocycles. The number of hydrogen-bond acceptors (Lipinski definition) is 6. The maximum atomic E-state index is 12.4. The summed E-state index contributed by atoms with van der Waals surface area (Å²) in [5.41, 5.74) is 0.908. The van der Waals surface area contributed by atoms with Gasteiger partial charge in [0.2, 0.25) is 10.0 Å². The van der Waals surface area contributed by atoms with Crippen molar-refractivity contribution in [2.24, 2.45) is 0 Å². The van der Waals surface area contributed by atoms with Crippen LogP contribution in [0.1, 0.15) is 11.5 Å². The zero-order valence-corrected chi connectivity index (χ0v) is 14.3. The first kappa shape index (κ1) is 16.5. The van der Waals surface area contributed by atoms with Gasteiger partial charge in [-0.15, -0.1) is 0 Å². The van der Waals surface area contributed by atoms with E-state index in [0.717, 1.165) is 0 Å². The fourth-order valence-corrected chi connectivity index (χ4v) is 3.97. The topological polar surface area (TPSA) is 102 Å². The summed E-state index contributed by atoms with van der Waals surface area (Å²) in [6, 6.07) is 7.07. The summed E-state index contributed by atoms with van der Waals surface area (Å²) < 4.78 is 37.7. The van der Waals surface area contributed by atoms with E-state index < -0.39 is 16.1 Å². The van der Waals surface area contributed by atoms with Crippen molar-refractivity contribution in [3.05, 3.63) is 35.7 Å². The van der Waals surface area contributed by atoms with E-state index in [-0.39, 0.29) is 28.8 Å². The third-order valence-electron chi connectivity index (χ3n) is 3.80. The minimum atomic E-state index is -3.85. The maximum absolute atomic E-state index is 12.4. The molecule has 0 spiro atoms. The zero-order valence-electron chi connectivity index (χ0n) is 13.4. The highest BCUT2D eigenvalue weighted by Gasteiger charge is 2.34. The normalized spacial score (nSPS) is 17.5. The number of carbonyl (C=O) groups excluding carboxylic acids is 1. The number of rotatable bonds is 4. The second-order valence-electron chi connectivity index (χ2n) is 5.48. The molecule has 8 nitrogen and oxygen atoms in total. The Bertz CT molecular complexity index is 871. The van der Waals surface area contributed by atoms with Crippen LogP contribution in [0.2, 0.25) is 0 Å². The fraction of sp³-hybridized carbons (Fsp3) is 0.333. The molecule has 1 aliphatic rings. The lowest BCUT2D eigenvalue weighted by molar-refractivity contribution is -0.125. The smallest absolute Gasteiger partial charge is 0.269 e. The number of aryl methyl sites for hydroxylation is 2. The van der Waals surface area contributed by atoms with Crippen LogP contribution in [-0.2, 0) is 14.8 Å². The van der Waals surface area contributed by atoms with Crippen LogP contribution < -0.4 is 14.4 Å². The first-order valence-electron chi connectivity index (χ1n) is 7.27. The van der Waals surface area contributed by atoms with Gasteiger partial charge in [0.15, 0.2) is 11.9 Å². The molecular weight excluding hydrogens is 334 g/mol. The second-order valence-corrected chi connectivity index (χ2v) is 7.18. The number of benzene rings is 1. The molecule has 0 aliphatic carbocycles. The molecule has 1 N–H and O–H groups in total. The molecule has 0 radical (unpaired) electrons. The number of fused-ring (bicyclic) bond motifs is 1. The van der Waals surface area contributed by atoms with Crippen molar-refractivity contribution < 1.29 is 22.5 Å². The maximum Gasteiger partial charge on any atom is 0.269 e. The van der Waals surface area contributed by atoms with Gasteiger partial charge in [0.25, 0.3) is 5.91 Å². The lowest BCUT2D eigenvalue weighted by atomic mass is 10.2. The molecule has 3 rings (SSSR count). The van der Waals surface area contributed by atoms with Crippen LogP contribution in [0.3, 0.4) is 0 Å². The molecule has 2 heterocycles. The van der Waals surface area contributed by atoms with E-state index in [1.807, 2.05) is 0 Å². The number of anilines is 1. The van der Waals surface area contributed by atoms with Crippen molar-refractivity contribution >= 4 is 21.6 Å². The monoisotopic (exact) mass is 351 g/mol. The second kappa shape index (κ2) is 5.91. The Kier molecular flexibility index (Phi) is 4.06. The number of aromatic nitrogens is 1. The first-order chi connectivity index (χ1) is 11.3. The van der Waals surface area contributed by atoms with E-state index in [1.165, 1.54) is 18.7 Å². The molecule has 0 saturated carbocycles. The molecule has 1 unspecified atom stereocenters. The highest BCUT2D eigenvalue weighted by atomic mass is 32.2. The average Bonchev–Trinajstić information content (AvgIpc) is 2.89. The number of ether oxygens (including phenoxy) is 1. The van der Waals surface area contributed by atoms with Crippen LogP contribution in [0.4, 0.5) is 5.69 Å². The number of carbonyl (C=O) groups is 1. The van der Waals surface area contributed by atoms with Gasteiger partial charge in [-0.2, -0.15) is 0 Å². The number of sulfonamides is 1. The van der Waals surface area contributed by atoms with Gasteiger partial charge in [0, 0.05) is 7.05 Å². The van der Waals surface area contributed by atoms with Crippen LogP contribution in [0.25, 0.3) is 0 Å². The lowest BCUT2D eigenvalue weighted by Gasteiger charge is -2.31. The van der Waals surface area contributed by atoms with Gasteiger partial charge in [-0.05, 0) is 26.0 Å². The van der Waals surface area contributed by atoms with Crippen LogP contribution in [0.5, 0.6) is 5.75 Å². The minimum absolute atomic E-state index is 0.0143.